The molecule has 1 aromatic rings. The number of hydrogen-bond donors (Lipinski definition) is 1. The maximum absolute atomic E-state index is 6.36. The summed E-state index contributed by atoms with van der Waals surface area (Å²) >= 11 is 0. The van der Waals surface area contributed by atoms with Gasteiger partial charge in [0.15, 0.2) is 0 Å². The van der Waals surface area contributed by atoms with Crippen molar-refractivity contribution in [1.29, 1.82) is 0 Å². The number of rotatable bonds is 7. The van der Waals surface area contributed by atoms with Crippen LogP contribution in [0.4, 0.5) is 0 Å². The van der Waals surface area contributed by atoms with E-state index in [1.807, 2.05) is 0 Å². The lowest BCUT2D eigenvalue weighted by atomic mass is 9.95. The van der Waals surface area contributed by atoms with E-state index in [9.17, 15) is 0 Å². The summed E-state index contributed by atoms with van der Waals surface area (Å²) in [7, 11) is 0. The highest BCUT2D eigenvalue weighted by molar-refractivity contribution is 5.26. The van der Waals surface area contributed by atoms with E-state index >= 15 is 0 Å². The predicted molar refractivity (Wildman–Crippen MR) is 79.7 cm³/mol. The molecule has 0 aliphatic heterocycles. The van der Waals surface area contributed by atoms with E-state index in [-0.39, 0.29) is 6.04 Å². The summed E-state index contributed by atoms with van der Waals surface area (Å²) < 4.78 is 0. The van der Waals surface area contributed by atoms with E-state index < -0.39 is 0 Å². The molecule has 0 saturated carbocycles. The maximum atomic E-state index is 6.36. The largest absolute Gasteiger partial charge is 0.326 e. The molecule has 2 nitrogen and oxygen atoms in total. The Bertz CT molecular complexity index is 349. The Hall–Kier alpha value is -0.860. The number of hydrogen-bond acceptors (Lipinski definition) is 2. The SMILES string of the molecule is CCCN(CC)C(c1cccc(C)c1)C(N)CC. The molecule has 1 aromatic carbocycles. The van der Waals surface area contributed by atoms with Crippen molar-refractivity contribution >= 4 is 0 Å². The van der Waals surface area contributed by atoms with Crippen LogP contribution >= 0.6 is 0 Å². The van der Waals surface area contributed by atoms with Gasteiger partial charge in [-0.3, -0.25) is 4.90 Å². The molecular weight excluding hydrogens is 220 g/mol. The number of likely N-dealkylation sites (N-methyl/N-ethyl adjacent to an activating group) is 1. The monoisotopic (exact) mass is 248 g/mol. The lowest BCUT2D eigenvalue weighted by Gasteiger charge is -2.35. The van der Waals surface area contributed by atoms with Crippen molar-refractivity contribution in [2.24, 2.45) is 5.73 Å². The smallest absolute Gasteiger partial charge is 0.0499 e. The molecule has 2 atom stereocenters. The molecule has 18 heavy (non-hydrogen) atoms. The fourth-order valence-corrected chi connectivity index (χ4v) is 2.59. The summed E-state index contributed by atoms with van der Waals surface area (Å²) in [6, 6.07) is 9.33. The van der Waals surface area contributed by atoms with E-state index in [4.69, 9.17) is 5.73 Å². The van der Waals surface area contributed by atoms with Gasteiger partial charge in [0, 0.05) is 12.1 Å². The highest BCUT2D eigenvalue weighted by Crippen LogP contribution is 2.25. The first-order valence-corrected chi connectivity index (χ1v) is 7.20. The molecule has 0 spiro atoms. The number of nitrogens with zero attached hydrogens (tertiary/aromatic N) is 1. The van der Waals surface area contributed by atoms with E-state index in [0.717, 1.165) is 19.5 Å². The third-order valence-electron chi connectivity index (χ3n) is 3.57. The van der Waals surface area contributed by atoms with Crippen LogP contribution in [0.1, 0.15) is 50.8 Å². The van der Waals surface area contributed by atoms with Crippen molar-refractivity contribution in [1.82, 2.24) is 4.90 Å². The van der Waals surface area contributed by atoms with E-state index in [1.54, 1.807) is 0 Å². The second-order valence-corrected chi connectivity index (χ2v) is 5.06. The minimum Gasteiger partial charge on any atom is -0.326 e. The zero-order valence-electron chi connectivity index (χ0n) is 12.3. The number of aryl methyl sites for hydroxylation is 1. The Morgan fingerprint density at radius 1 is 1.22 bits per heavy atom. The number of benzene rings is 1. The molecule has 0 bridgehead atoms. The van der Waals surface area contributed by atoms with Crippen molar-refractivity contribution in [2.45, 2.75) is 52.6 Å². The predicted octanol–water partition coefficient (Wildman–Crippen LogP) is 3.51. The molecule has 0 aliphatic rings. The van der Waals surface area contributed by atoms with Crippen LogP contribution < -0.4 is 5.73 Å². The first-order valence-electron chi connectivity index (χ1n) is 7.20. The van der Waals surface area contributed by atoms with Crippen molar-refractivity contribution in [3.63, 3.8) is 0 Å². The first-order chi connectivity index (χ1) is 8.63. The molecule has 0 amide bonds. The molecule has 2 N–H and O–H groups in total. The molecule has 0 fully saturated rings. The minimum atomic E-state index is 0.207. The molecule has 2 heteroatoms. The fourth-order valence-electron chi connectivity index (χ4n) is 2.59. The van der Waals surface area contributed by atoms with Gasteiger partial charge in [0.2, 0.25) is 0 Å². The molecule has 0 radical (unpaired) electrons. The Morgan fingerprint density at radius 2 is 1.94 bits per heavy atom. The normalized spacial score (nSPS) is 14.8. The number of nitrogens with two attached hydrogens (primary N) is 1. The van der Waals surface area contributed by atoms with Crippen molar-refractivity contribution < 1.29 is 0 Å². The molecule has 2 unspecified atom stereocenters. The van der Waals surface area contributed by atoms with E-state index in [2.05, 4.69) is 56.9 Å². The molecule has 0 heterocycles. The van der Waals surface area contributed by atoms with Gasteiger partial charge < -0.3 is 5.73 Å². The summed E-state index contributed by atoms with van der Waals surface area (Å²) in [6.45, 7) is 10.9. The minimum absolute atomic E-state index is 0.207. The third kappa shape index (κ3) is 3.82. The van der Waals surface area contributed by atoms with Crippen molar-refractivity contribution in [3.05, 3.63) is 35.4 Å². The quantitative estimate of drug-likeness (QED) is 0.800. The second kappa shape index (κ2) is 7.55. The molecule has 0 aromatic heterocycles. The van der Waals surface area contributed by atoms with Gasteiger partial charge in [-0.05, 0) is 38.4 Å². The molecular formula is C16H28N2. The van der Waals surface area contributed by atoms with Gasteiger partial charge in [0.05, 0.1) is 0 Å². The van der Waals surface area contributed by atoms with Gasteiger partial charge in [-0.2, -0.15) is 0 Å². The van der Waals surface area contributed by atoms with Crippen molar-refractivity contribution in [2.75, 3.05) is 13.1 Å². The third-order valence-corrected chi connectivity index (χ3v) is 3.57. The zero-order chi connectivity index (χ0) is 13.5. The zero-order valence-corrected chi connectivity index (χ0v) is 12.3. The molecule has 0 saturated heterocycles. The average Bonchev–Trinajstić information content (AvgIpc) is 2.37. The maximum Gasteiger partial charge on any atom is 0.0499 e. The Labute approximate surface area is 112 Å². The van der Waals surface area contributed by atoms with Gasteiger partial charge in [0.1, 0.15) is 0 Å². The summed E-state index contributed by atoms with van der Waals surface area (Å²) in [5.41, 5.74) is 9.04. The van der Waals surface area contributed by atoms with E-state index in [1.165, 1.54) is 17.5 Å². The summed E-state index contributed by atoms with van der Waals surface area (Å²) in [4.78, 5) is 2.50. The van der Waals surface area contributed by atoms with Crippen LogP contribution in [0, 0.1) is 6.92 Å². The summed E-state index contributed by atoms with van der Waals surface area (Å²) in [5.74, 6) is 0. The van der Waals surface area contributed by atoms with Crippen LogP contribution in [-0.2, 0) is 0 Å². The second-order valence-electron chi connectivity index (χ2n) is 5.06. The highest BCUT2D eigenvalue weighted by Gasteiger charge is 2.24. The molecule has 102 valence electrons. The molecule has 1 rings (SSSR count). The Balaban J connectivity index is 3.03. The van der Waals surface area contributed by atoms with Gasteiger partial charge in [-0.1, -0.05) is 50.6 Å². The Morgan fingerprint density at radius 3 is 2.44 bits per heavy atom. The van der Waals surface area contributed by atoms with Gasteiger partial charge >= 0.3 is 0 Å². The van der Waals surface area contributed by atoms with Crippen LogP contribution in [0.2, 0.25) is 0 Å². The van der Waals surface area contributed by atoms with Crippen molar-refractivity contribution in [3.8, 4) is 0 Å². The summed E-state index contributed by atoms with van der Waals surface area (Å²) in [5, 5.41) is 0. The van der Waals surface area contributed by atoms with Crippen LogP contribution in [-0.4, -0.2) is 24.0 Å². The van der Waals surface area contributed by atoms with Gasteiger partial charge in [-0.25, -0.2) is 0 Å². The topological polar surface area (TPSA) is 29.3 Å². The van der Waals surface area contributed by atoms with Crippen LogP contribution in [0.5, 0.6) is 0 Å². The standard InChI is InChI=1S/C16H28N2/c1-5-11-18(7-3)16(15(17)6-2)14-10-8-9-13(4)12-14/h8-10,12,15-16H,5-7,11,17H2,1-4H3. The first kappa shape index (κ1) is 15.2. The van der Waals surface area contributed by atoms with Crippen LogP contribution in [0.3, 0.4) is 0 Å². The van der Waals surface area contributed by atoms with Crippen LogP contribution in [0.25, 0.3) is 0 Å². The highest BCUT2D eigenvalue weighted by atomic mass is 15.2. The fraction of sp³-hybridized carbons (Fsp3) is 0.625. The Kier molecular flexibility index (Phi) is 6.37. The lowest BCUT2D eigenvalue weighted by Crippen LogP contribution is -2.41. The lowest BCUT2D eigenvalue weighted by molar-refractivity contribution is 0.178. The molecule has 0 aliphatic carbocycles. The van der Waals surface area contributed by atoms with Crippen LogP contribution in [0.15, 0.2) is 24.3 Å². The average molecular weight is 248 g/mol. The van der Waals surface area contributed by atoms with E-state index in [0.29, 0.717) is 6.04 Å². The summed E-state index contributed by atoms with van der Waals surface area (Å²) in [6.07, 6.45) is 2.19. The van der Waals surface area contributed by atoms with Gasteiger partial charge in [0.25, 0.3) is 0 Å². The van der Waals surface area contributed by atoms with Gasteiger partial charge in [-0.15, -0.1) is 0 Å².